The highest BCUT2D eigenvalue weighted by atomic mass is 79.9. The summed E-state index contributed by atoms with van der Waals surface area (Å²) < 4.78 is 0. The number of amidine groups is 1. The molecule has 0 amide bonds. The van der Waals surface area contributed by atoms with Crippen LogP contribution in [-0.4, -0.2) is 15.8 Å². The maximum atomic E-state index is 11.2. The molecule has 0 aliphatic carbocycles. The normalized spacial score (nSPS) is 13.7. The van der Waals surface area contributed by atoms with Crippen LogP contribution >= 0.6 is 40.3 Å². The van der Waals surface area contributed by atoms with Gasteiger partial charge in [0, 0.05) is 33.8 Å². The minimum atomic E-state index is -0.401. The van der Waals surface area contributed by atoms with Gasteiger partial charge in [0.15, 0.2) is 0 Å². The second-order valence-electron chi connectivity index (χ2n) is 6.66. The van der Waals surface area contributed by atoms with Gasteiger partial charge in [-0.15, -0.1) is 22.1 Å². The van der Waals surface area contributed by atoms with E-state index >= 15 is 0 Å². The average Bonchev–Trinajstić information content (AvgIpc) is 2.80. The maximum Gasteiger partial charge on any atom is 0.270 e. The monoisotopic (exact) mass is 528 g/mol. The standard InChI is InChI=1S/C23H17ClN4O2S.BrH/c1-16(17-10-12-19(24)13-11-17)25-23-26-27(20-7-3-2-4-8-20)22(15-31-23)18-6-5-9-21(14-18)28(29)30;/h2-15H,1H3;1H/b25-16+;. The zero-order valence-electron chi connectivity index (χ0n) is 16.9. The predicted octanol–water partition coefficient (Wildman–Crippen LogP) is 7.16. The largest absolute Gasteiger partial charge is 0.270 e. The maximum absolute atomic E-state index is 11.2. The first kappa shape index (κ1) is 23.7. The third kappa shape index (κ3) is 5.45. The number of nitro groups is 1. The molecule has 0 radical (unpaired) electrons. The number of aliphatic imine (C=N–C) groups is 1. The van der Waals surface area contributed by atoms with Gasteiger partial charge in [0.2, 0.25) is 5.17 Å². The molecule has 0 atom stereocenters. The van der Waals surface area contributed by atoms with Crippen LogP contribution < -0.4 is 5.01 Å². The number of anilines is 1. The first-order valence-corrected chi connectivity index (χ1v) is 10.6. The van der Waals surface area contributed by atoms with Gasteiger partial charge in [0.25, 0.3) is 5.69 Å². The molecule has 0 bridgehead atoms. The molecule has 1 aliphatic rings. The Hall–Kier alpha value is -2.94. The molecule has 162 valence electrons. The molecule has 1 heterocycles. The second kappa shape index (κ2) is 10.6. The van der Waals surface area contributed by atoms with Gasteiger partial charge in [-0.3, -0.25) is 10.1 Å². The van der Waals surface area contributed by atoms with Crippen molar-refractivity contribution in [3.05, 3.63) is 111 Å². The van der Waals surface area contributed by atoms with E-state index in [4.69, 9.17) is 16.7 Å². The molecule has 0 N–H and O–H groups in total. The van der Waals surface area contributed by atoms with Crippen LogP contribution in [0.4, 0.5) is 11.4 Å². The number of hydrogen-bond acceptors (Lipinski definition) is 6. The highest BCUT2D eigenvalue weighted by Crippen LogP contribution is 2.34. The van der Waals surface area contributed by atoms with Crippen LogP contribution in [0.15, 0.2) is 94.4 Å². The summed E-state index contributed by atoms with van der Waals surface area (Å²) in [4.78, 5) is 15.5. The zero-order valence-corrected chi connectivity index (χ0v) is 20.2. The minimum absolute atomic E-state index is 0. The molecule has 4 rings (SSSR count). The van der Waals surface area contributed by atoms with E-state index < -0.39 is 4.92 Å². The Labute approximate surface area is 205 Å². The van der Waals surface area contributed by atoms with Crippen molar-refractivity contribution in [2.24, 2.45) is 10.1 Å². The molecule has 0 saturated carbocycles. The summed E-state index contributed by atoms with van der Waals surface area (Å²) in [6, 6.07) is 23.6. The number of nitro benzene ring substituents is 1. The molecule has 9 heteroatoms. The van der Waals surface area contributed by atoms with Crippen LogP contribution in [0.2, 0.25) is 5.02 Å². The second-order valence-corrected chi connectivity index (χ2v) is 7.94. The van der Waals surface area contributed by atoms with Gasteiger partial charge < -0.3 is 0 Å². The SMILES string of the molecule is Br.C/C(=N\C1=NN(c2ccccc2)C(c2cccc([N+](=O)[O-])c2)=CS1)c1ccc(Cl)cc1. The van der Waals surface area contributed by atoms with Crippen molar-refractivity contribution in [1.29, 1.82) is 0 Å². The summed E-state index contributed by atoms with van der Waals surface area (Å²) in [7, 11) is 0. The number of halogens is 2. The number of hydrazone groups is 1. The number of thioether (sulfide) groups is 1. The van der Waals surface area contributed by atoms with Gasteiger partial charge >= 0.3 is 0 Å². The fourth-order valence-electron chi connectivity index (χ4n) is 3.00. The number of nitrogens with zero attached hydrogens (tertiary/aromatic N) is 4. The highest BCUT2D eigenvalue weighted by Gasteiger charge is 2.21. The number of rotatable bonds is 4. The van der Waals surface area contributed by atoms with Crippen molar-refractivity contribution >= 4 is 68.3 Å². The Morgan fingerprint density at radius 2 is 1.78 bits per heavy atom. The molecule has 0 aromatic heterocycles. The van der Waals surface area contributed by atoms with Gasteiger partial charge in [-0.1, -0.05) is 65.8 Å². The topological polar surface area (TPSA) is 71.1 Å². The molecule has 1 aliphatic heterocycles. The van der Waals surface area contributed by atoms with E-state index in [1.165, 1.54) is 17.8 Å². The number of hydrogen-bond donors (Lipinski definition) is 0. The molecule has 3 aromatic carbocycles. The lowest BCUT2D eigenvalue weighted by Crippen LogP contribution is -2.19. The van der Waals surface area contributed by atoms with Crippen LogP contribution in [0.25, 0.3) is 5.70 Å². The van der Waals surface area contributed by atoms with E-state index in [-0.39, 0.29) is 22.7 Å². The Kier molecular flexibility index (Phi) is 7.84. The third-order valence-electron chi connectivity index (χ3n) is 4.57. The molecule has 0 saturated heterocycles. The summed E-state index contributed by atoms with van der Waals surface area (Å²) in [6.07, 6.45) is 0. The molecular formula is C23H18BrClN4O2S. The van der Waals surface area contributed by atoms with Crippen molar-refractivity contribution in [1.82, 2.24) is 0 Å². The summed E-state index contributed by atoms with van der Waals surface area (Å²) in [5.41, 5.74) is 4.06. The Morgan fingerprint density at radius 1 is 1.06 bits per heavy atom. The van der Waals surface area contributed by atoms with Crippen molar-refractivity contribution in [3.8, 4) is 0 Å². The van der Waals surface area contributed by atoms with Crippen molar-refractivity contribution in [3.63, 3.8) is 0 Å². The van der Waals surface area contributed by atoms with Gasteiger partial charge in [0.05, 0.1) is 16.3 Å². The quantitative estimate of drug-likeness (QED) is 0.204. The lowest BCUT2D eigenvalue weighted by Gasteiger charge is -2.26. The molecule has 3 aromatic rings. The van der Waals surface area contributed by atoms with E-state index in [2.05, 4.69) is 4.99 Å². The predicted molar refractivity (Wildman–Crippen MR) is 139 cm³/mol. The molecule has 0 fully saturated rings. The zero-order chi connectivity index (χ0) is 21.8. The first-order valence-electron chi connectivity index (χ1n) is 9.38. The molecule has 32 heavy (non-hydrogen) atoms. The van der Waals surface area contributed by atoms with Gasteiger partial charge in [-0.25, -0.2) is 10.0 Å². The van der Waals surface area contributed by atoms with E-state index in [1.807, 2.05) is 73.0 Å². The number of benzene rings is 3. The Bertz CT molecular complexity index is 1210. The smallest absolute Gasteiger partial charge is 0.258 e. The fourth-order valence-corrected chi connectivity index (χ4v) is 3.90. The van der Waals surface area contributed by atoms with Crippen LogP contribution in [-0.2, 0) is 0 Å². The van der Waals surface area contributed by atoms with Crippen molar-refractivity contribution in [2.75, 3.05) is 5.01 Å². The molecule has 0 unspecified atom stereocenters. The molecule has 0 spiro atoms. The van der Waals surface area contributed by atoms with E-state index in [9.17, 15) is 10.1 Å². The molecular weight excluding hydrogens is 512 g/mol. The number of para-hydroxylation sites is 1. The van der Waals surface area contributed by atoms with Gasteiger partial charge in [-0.2, -0.15) is 0 Å². The van der Waals surface area contributed by atoms with Gasteiger partial charge in [-0.05, 0) is 36.8 Å². The van der Waals surface area contributed by atoms with Crippen LogP contribution in [0.5, 0.6) is 0 Å². The number of non-ortho nitro benzene ring substituents is 1. The first-order chi connectivity index (χ1) is 15.0. The van der Waals surface area contributed by atoms with Crippen molar-refractivity contribution < 1.29 is 4.92 Å². The van der Waals surface area contributed by atoms with Crippen LogP contribution in [0.3, 0.4) is 0 Å². The summed E-state index contributed by atoms with van der Waals surface area (Å²) in [5, 5.41) is 20.9. The summed E-state index contributed by atoms with van der Waals surface area (Å²) in [5.74, 6) is 0. The minimum Gasteiger partial charge on any atom is -0.258 e. The lowest BCUT2D eigenvalue weighted by molar-refractivity contribution is -0.384. The van der Waals surface area contributed by atoms with Crippen LogP contribution in [0, 0.1) is 10.1 Å². The van der Waals surface area contributed by atoms with E-state index in [1.54, 1.807) is 17.1 Å². The Balaban J connectivity index is 0.00000289. The lowest BCUT2D eigenvalue weighted by atomic mass is 10.1. The van der Waals surface area contributed by atoms with E-state index in [0.29, 0.717) is 15.8 Å². The summed E-state index contributed by atoms with van der Waals surface area (Å²) in [6.45, 7) is 1.92. The third-order valence-corrected chi connectivity index (χ3v) is 5.55. The van der Waals surface area contributed by atoms with E-state index in [0.717, 1.165) is 22.7 Å². The Morgan fingerprint density at radius 3 is 2.47 bits per heavy atom. The van der Waals surface area contributed by atoms with Crippen LogP contribution in [0.1, 0.15) is 18.1 Å². The average molecular weight is 530 g/mol. The van der Waals surface area contributed by atoms with Crippen molar-refractivity contribution in [2.45, 2.75) is 6.92 Å². The summed E-state index contributed by atoms with van der Waals surface area (Å²) >= 11 is 7.34. The highest BCUT2D eigenvalue weighted by molar-refractivity contribution is 8.93. The van der Waals surface area contributed by atoms with Gasteiger partial charge in [0.1, 0.15) is 0 Å². The molecule has 6 nitrogen and oxygen atoms in total. The fraction of sp³-hybridized carbons (Fsp3) is 0.0435.